The van der Waals surface area contributed by atoms with Crippen LogP contribution in [0, 0.1) is 0 Å². The van der Waals surface area contributed by atoms with Crippen LogP contribution >= 0.6 is 69.6 Å². The van der Waals surface area contributed by atoms with Crippen LogP contribution in [0.2, 0.25) is 30.1 Å². The van der Waals surface area contributed by atoms with E-state index in [-0.39, 0.29) is 5.43 Å². The van der Waals surface area contributed by atoms with Crippen molar-refractivity contribution in [2.45, 2.75) is 0 Å². The van der Waals surface area contributed by atoms with Crippen LogP contribution in [-0.2, 0) is 0 Å². The highest BCUT2D eigenvalue weighted by Crippen LogP contribution is 2.37. The number of aromatic amines is 1. The first kappa shape index (κ1) is 18.9. The number of halogens is 6. The smallest absolute Gasteiger partial charge is 0.182 e. The highest BCUT2D eigenvalue weighted by atomic mass is 35.5. The van der Waals surface area contributed by atoms with Crippen LogP contribution in [0.3, 0.4) is 0 Å². The summed E-state index contributed by atoms with van der Waals surface area (Å²) < 4.78 is 0. The molecule has 0 saturated heterocycles. The third-order valence-corrected chi connectivity index (χ3v) is 5.51. The van der Waals surface area contributed by atoms with Crippen LogP contribution in [0.25, 0.3) is 22.5 Å². The molecule has 1 N–H and O–H groups in total. The topological polar surface area (TPSA) is 32.9 Å². The van der Waals surface area contributed by atoms with Gasteiger partial charge in [-0.25, -0.2) is 0 Å². The van der Waals surface area contributed by atoms with Gasteiger partial charge in [0.1, 0.15) is 0 Å². The number of nitrogens with one attached hydrogen (secondary N) is 1. The zero-order chi connectivity index (χ0) is 18.3. The summed E-state index contributed by atoms with van der Waals surface area (Å²) in [4.78, 5) is 15.3. The molecule has 8 heteroatoms. The second-order valence-electron chi connectivity index (χ2n) is 5.14. The fourth-order valence-corrected chi connectivity index (χ4v) is 3.59. The summed E-state index contributed by atoms with van der Waals surface area (Å²) in [5.41, 5.74) is 1.76. The molecule has 0 atom stereocenters. The van der Waals surface area contributed by atoms with Gasteiger partial charge >= 0.3 is 0 Å². The molecule has 25 heavy (non-hydrogen) atoms. The Morgan fingerprint density at radius 2 is 0.880 bits per heavy atom. The summed E-state index contributed by atoms with van der Waals surface area (Å²) in [5.74, 6) is 0. The Hall–Kier alpha value is -0.870. The fraction of sp³-hybridized carbons (Fsp3) is 0. The van der Waals surface area contributed by atoms with E-state index in [2.05, 4.69) is 4.98 Å². The van der Waals surface area contributed by atoms with Gasteiger partial charge < -0.3 is 4.98 Å². The summed E-state index contributed by atoms with van der Waals surface area (Å²) in [5, 5.41) is 1.98. The maximum atomic E-state index is 12.2. The first-order valence-corrected chi connectivity index (χ1v) is 9.07. The Morgan fingerprint density at radius 3 is 1.28 bits per heavy atom. The highest BCUT2D eigenvalue weighted by molar-refractivity contribution is 6.44. The van der Waals surface area contributed by atoms with Crippen molar-refractivity contribution in [3.63, 3.8) is 0 Å². The SMILES string of the molecule is O=c1cc(-c2cc(Cl)c(Cl)cc2Cl)[nH]c(-c2cc(Cl)c(Cl)cc2Cl)c1. The third-order valence-electron chi connectivity index (χ3n) is 3.44. The molecular weight excluding hydrogens is 447 g/mol. The van der Waals surface area contributed by atoms with E-state index < -0.39 is 0 Å². The van der Waals surface area contributed by atoms with Gasteiger partial charge in [-0.3, -0.25) is 4.79 Å². The summed E-state index contributed by atoms with van der Waals surface area (Å²) in [6.45, 7) is 0. The molecule has 2 nitrogen and oxygen atoms in total. The van der Waals surface area contributed by atoms with E-state index in [1.165, 1.54) is 24.3 Å². The summed E-state index contributed by atoms with van der Waals surface area (Å²) in [7, 11) is 0. The number of aromatic nitrogens is 1. The van der Waals surface area contributed by atoms with Crippen molar-refractivity contribution in [3.8, 4) is 22.5 Å². The Morgan fingerprint density at radius 1 is 0.520 bits per heavy atom. The second-order valence-corrected chi connectivity index (χ2v) is 7.58. The molecule has 1 heterocycles. The molecule has 0 fully saturated rings. The Bertz CT molecular complexity index is 965. The van der Waals surface area contributed by atoms with E-state index in [9.17, 15) is 4.79 Å². The van der Waals surface area contributed by atoms with Gasteiger partial charge in [0.2, 0.25) is 0 Å². The van der Waals surface area contributed by atoms with Crippen molar-refractivity contribution in [1.29, 1.82) is 0 Å². The molecule has 0 amide bonds. The number of hydrogen-bond donors (Lipinski definition) is 1. The van der Waals surface area contributed by atoms with E-state index >= 15 is 0 Å². The molecule has 0 aliphatic rings. The second kappa shape index (κ2) is 7.40. The van der Waals surface area contributed by atoms with E-state index in [4.69, 9.17) is 69.6 Å². The maximum absolute atomic E-state index is 12.2. The van der Waals surface area contributed by atoms with Gasteiger partial charge in [0.25, 0.3) is 0 Å². The van der Waals surface area contributed by atoms with Crippen LogP contribution in [0.1, 0.15) is 0 Å². The number of benzene rings is 2. The van der Waals surface area contributed by atoms with Gasteiger partial charge in [-0.2, -0.15) is 0 Å². The van der Waals surface area contributed by atoms with Crippen molar-refractivity contribution in [1.82, 2.24) is 4.98 Å². The third kappa shape index (κ3) is 3.95. The molecule has 0 aliphatic carbocycles. The molecule has 1 aromatic heterocycles. The monoisotopic (exact) mass is 451 g/mol. The van der Waals surface area contributed by atoms with Crippen LogP contribution in [0.15, 0.2) is 41.2 Å². The van der Waals surface area contributed by atoms with Crippen molar-refractivity contribution in [2.75, 3.05) is 0 Å². The predicted molar refractivity (Wildman–Crippen MR) is 108 cm³/mol. The Labute approximate surface area is 173 Å². The van der Waals surface area contributed by atoms with E-state index in [1.54, 1.807) is 12.1 Å². The van der Waals surface area contributed by atoms with Gasteiger partial charge in [-0.05, 0) is 24.3 Å². The number of H-pyrrole nitrogens is 1. The van der Waals surface area contributed by atoms with Crippen LogP contribution in [0.4, 0.5) is 0 Å². The van der Waals surface area contributed by atoms with Crippen molar-refractivity contribution in [3.05, 3.63) is 76.8 Å². The van der Waals surface area contributed by atoms with E-state index in [0.29, 0.717) is 52.7 Å². The largest absolute Gasteiger partial charge is 0.354 e. The normalized spacial score (nSPS) is 11.0. The molecule has 2 aromatic carbocycles. The lowest BCUT2D eigenvalue weighted by atomic mass is 10.1. The zero-order valence-corrected chi connectivity index (χ0v) is 16.7. The molecule has 0 unspecified atom stereocenters. The molecular formula is C17H7Cl6NO. The lowest BCUT2D eigenvalue weighted by Crippen LogP contribution is -2.02. The molecule has 128 valence electrons. The van der Waals surface area contributed by atoms with E-state index in [1.807, 2.05) is 0 Å². The minimum absolute atomic E-state index is 0.243. The highest BCUT2D eigenvalue weighted by Gasteiger charge is 2.13. The Balaban J connectivity index is 2.23. The van der Waals surface area contributed by atoms with Gasteiger partial charge in [0.05, 0.1) is 41.5 Å². The maximum Gasteiger partial charge on any atom is 0.182 e. The molecule has 3 rings (SSSR count). The summed E-state index contributed by atoms with van der Waals surface area (Å²) >= 11 is 36.5. The first-order valence-electron chi connectivity index (χ1n) is 6.80. The Kier molecular flexibility index (Phi) is 5.60. The first-order chi connectivity index (χ1) is 11.8. The predicted octanol–water partition coefficient (Wildman–Crippen LogP) is 7.63. The van der Waals surface area contributed by atoms with Crippen molar-refractivity contribution < 1.29 is 0 Å². The van der Waals surface area contributed by atoms with Gasteiger partial charge in [-0.1, -0.05) is 69.6 Å². The molecule has 3 aromatic rings. The van der Waals surface area contributed by atoms with Crippen LogP contribution < -0.4 is 5.43 Å². The zero-order valence-electron chi connectivity index (χ0n) is 12.1. The summed E-state index contributed by atoms with van der Waals surface area (Å²) in [6, 6.07) is 8.99. The molecule has 0 radical (unpaired) electrons. The number of pyridine rings is 1. The van der Waals surface area contributed by atoms with Gasteiger partial charge in [-0.15, -0.1) is 0 Å². The number of rotatable bonds is 2. The van der Waals surface area contributed by atoms with Crippen LogP contribution in [0.5, 0.6) is 0 Å². The van der Waals surface area contributed by atoms with E-state index in [0.717, 1.165) is 0 Å². The average molecular weight is 454 g/mol. The lowest BCUT2D eigenvalue weighted by molar-refractivity contribution is 1.30. The van der Waals surface area contributed by atoms with Crippen molar-refractivity contribution in [2.24, 2.45) is 0 Å². The minimum atomic E-state index is -0.243. The van der Waals surface area contributed by atoms with Gasteiger partial charge in [0.15, 0.2) is 5.43 Å². The van der Waals surface area contributed by atoms with Gasteiger partial charge in [0, 0.05) is 23.3 Å². The quantitative estimate of drug-likeness (QED) is 0.397. The average Bonchev–Trinajstić information content (AvgIpc) is 2.53. The lowest BCUT2D eigenvalue weighted by Gasteiger charge is -2.11. The number of hydrogen-bond acceptors (Lipinski definition) is 1. The molecule has 0 saturated carbocycles. The molecule has 0 bridgehead atoms. The molecule has 0 aliphatic heterocycles. The van der Waals surface area contributed by atoms with Crippen LogP contribution in [-0.4, -0.2) is 4.98 Å². The fourth-order valence-electron chi connectivity index (χ4n) is 2.29. The molecule has 0 spiro atoms. The summed E-state index contributed by atoms with van der Waals surface area (Å²) in [6.07, 6.45) is 0. The minimum Gasteiger partial charge on any atom is -0.354 e. The standard InChI is InChI=1S/C17H7Cl6NO/c18-10-5-14(22)12(20)3-8(10)16-1-7(25)2-17(24-16)9-4-13(21)15(23)6-11(9)19/h1-6H,(H,24,25). The van der Waals surface area contributed by atoms with Crippen molar-refractivity contribution >= 4 is 69.6 Å².